The summed E-state index contributed by atoms with van der Waals surface area (Å²) in [7, 11) is 0. The smallest absolute Gasteiger partial charge is 0.407 e. The van der Waals surface area contributed by atoms with Crippen molar-refractivity contribution in [2.45, 2.75) is 32.8 Å². The van der Waals surface area contributed by atoms with Gasteiger partial charge in [-0.1, -0.05) is 0 Å². The highest BCUT2D eigenvalue weighted by molar-refractivity contribution is 5.67. The van der Waals surface area contributed by atoms with Crippen LogP contribution in [0.2, 0.25) is 0 Å². The largest absolute Gasteiger partial charge is 0.444 e. The predicted octanol–water partition coefficient (Wildman–Crippen LogP) is 1.79. The first-order valence-corrected chi connectivity index (χ1v) is 4.64. The normalized spacial score (nSPS) is 11.6. The van der Waals surface area contributed by atoms with E-state index in [1.807, 2.05) is 0 Å². The Morgan fingerprint density at radius 2 is 2.00 bits per heavy atom. The van der Waals surface area contributed by atoms with Crippen molar-refractivity contribution in [3.8, 4) is 0 Å². The quantitative estimate of drug-likeness (QED) is 0.726. The third-order valence-electron chi connectivity index (χ3n) is 1.16. The summed E-state index contributed by atoms with van der Waals surface area (Å²) in [4.78, 5) is 11.0. The van der Waals surface area contributed by atoms with E-state index in [4.69, 9.17) is 4.74 Å². The van der Waals surface area contributed by atoms with Crippen molar-refractivity contribution < 1.29 is 23.0 Å². The van der Waals surface area contributed by atoms with Crippen LogP contribution in [0.5, 0.6) is 0 Å². The highest BCUT2D eigenvalue weighted by Crippen LogP contribution is 2.05. The molecular weight excluding hydrogens is 208 g/mol. The van der Waals surface area contributed by atoms with Gasteiger partial charge in [0.25, 0.3) is 6.43 Å². The average Bonchev–Trinajstić information content (AvgIpc) is 1.99. The monoisotopic (exact) mass is 225 g/mol. The fourth-order valence-corrected chi connectivity index (χ4v) is 0.712. The highest BCUT2D eigenvalue weighted by atomic mass is 19.3. The number of halogens is 2. The number of rotatable bonds is 5. The number of hydrogen-bond donors (Lipinski definition) is 1. The first kappa shape index (κ1) is 14.1. The van der Waals surface area contributed by atoms with Gasteiger partial charge in [-0.25, -0.2) is 13.6 Å². The molecule has 0 aliphatic carbocycles. The first-order chi connectivity index (χ1) is 6.81. The number of nitrogens with one attached hydrogen (secondary N) is 1. The Labute approximate surface area is 87.9 Å². The zero-order valence-electron chi connectivity index (χ0n) is 9.18. The maximum atomic E-state index is 11.6. The zero-order valence-corrected chi connectivity index (χ0v) is 9.18. The van der Waals surface area contributed by atoms with Crippen molar-refractivity contribution >= 4 is 6.09 Å². The summed E-state index contributed by atoms with van der Waals surface area (Å²) in [6, 6.07) is 0. The van der Waals surface area contributed by atoms with Crippen molar-refractivity contribution in [3.05, 3.63) is 0 Å². The Kier molecular flexibility index (Phi) is 6.15. The number of carbonyl (C=O) groups is 1. The molecule has 0 rings (SSSR count). The summed E-state index contributed by atoms with van der Waals surface area (Å²) in [5, 5.41) is 2.38. The lowest BCUT2D eigenvalue weighted by atomic mass is 10.2. The van der Waals surface area contributed by atoms with Crippen LogP contribution in [0.15, 0.2) is 0 Å². The number of ether oxygens (including phenoxy) is 2. The van der Waals surface area contributed by atoms with Crippen LogP contribution in [0.25, 0.3) is 0 Å². The Balaban J connectivity index is 3.40. The molecule has 0 aliphatic rings. The summed E-state index contributed by atoms with van der Waals surface area (Å²) < 4.78 is 32.7. The molecule has 0 atom stereocenters. The molecule has 0 radical (unpaired) electrons. The number of hydrogen-bond acceptors (Lipinski definition) is 3. The summed E-state index contributed by atoms with van der Waals surface area (Å²) in [6.45, 7) is 4.79. The van der Waals surface area contributed by atoms with Crippen LogP contribution >= 0.6 is 0 Å². The molecule has 0 aliphatic heterocycles. The Morgan fingerprint density at radius 1 is 1.40 bits per heavy atom. The van der Waals surface area contributed by atoms with Crippen LogP contribution in [-0.2, 0) is 9.47 Å². The van der Waals surface area contributed by atoms with Crippen LogP contribution in [0, 0.1) is 0 Å². The van der Waals surface area contributed by atoms with Gasteiger partial charge in [0.15, 0.2) is 0 Å². The first-order valence-electron chi connectivity index (χ1n) is 4.64. The minimum absolute atomic E-state index is 0.0452. The molecule has 0 heterocycles. The van der Waals surface area contributed by atoms with Gasteiger partial charge in [-0.3, -0.25) is 0 Å². The summed E-state index contributed by atoms with van der Waals surface area (Å²) in [6.07, 6.45) is -3.06. The van der Waals surface area contributed by atoms with Crippen molar-refractivity contribution in [3.63, 3.8) is 0 Å². The second kappa shape index (κ2) is 6.55. The summed E-state index contributed by atoms with van der Waals surface area (Å²) >= 11 is 0. The lowest BCUT2D eigenvalue weighted by molar-refractivity contribution is 0.0164. The average molecular weight is 225 g/mol. The van der Waals surface area contributed by atoms with Crippen molar-refractivity contribution in [2.24, 2.45) is 0 Å². The summed E-state index contributed by atoms with van der Waals surface area (Å²) in [5.74, 6) is 0. The molecule has 0 aromatic carbocycles. The van der Waals surface area contributed by atoms with Gasteiger partial charge in [0.1, 0.15) is 12.2 Å². The lowest BCUT2D eigenvalue weighted by Crippen LogP contribution is -2.34. The topological polar surface area (TPSA) is 47.6 Å². The molecule has 4 nitrogen and oxygen atoms in total. The Bertz CT molecular complexity index is 192. The van der Waals surface area contributed by atoms with Crippen LogP contribution < -0.4 is 5.32 Å². The molecule has 0 aromatic heterocycles. The lowest BCUT2D eigenvalue weighted by Gasteiger charge is -2.19. The molecule has 0 saturated heterocycles. The van der Waals surface area contributed by atoms with E-state index >= 15 is 0 Å². The van der Waals surface area contributed by atoms with Gasteiger partial charge in [0.2, 0.25) is 0 Å². The Morgan fingerprint density at radius 3 is 2.47 bits per heavy atom. The zero-order chi connectivity index (χ0) is 11.9. The van der Waals surface area contributed by atoms with E-state index in [-0.39, 0.29) is 13.2 Å². The number of carbonyl (C=O) groups excluding carboxylic acids is 1. The minimum atomic E-state index is -2.48. The molecule has 0 unspecified atom stereocenters. The molecule has 0 fully saturated rings. The highest BCUT2D eigenvalue weighted by Gasteiger charge is 2.15. The van der Waals surface area contributed by atoms with Gasteiger partial charge in [0.05, 0.1) is 6.61 Å². The van der Waals surface area contributed by atoms with E-state index in [0.717, 1.165) is 0 Å². The maximum absolute atomic E-state index is 11.6. The van der Waals surface area contributed by atoms with Crippen LogP contribution in [-0.4, -0.2) is 37.9 Å². The fourth-order valence-electron chi connectivity index (χ4n) is 0.712. The van der Waals surface area contributed by atoms with Gasteiger partial charge in [-0.2, -0.15) is 0 Å². The van der Waals surface area contributed by atoms with Gasteiger partial charge in [0, 0.05) is 6.54 Å². The van der Waals surface area contributed by atoms with Crippen molar-refractivity contribution in [1.82, 2.24) is 5.32 Å². The molecule has 1 N–H and O–H groups in total. The number of alkyl halides is 2. The molecular formula is C9H17F2NO3. The third-order valence-corrected chi connectivity index (χ3v) is 1.16. The van der Waals surface area contributed by atoms with Crippen LogP contribution in [0.4, 0.5) is 13.6 Å². The molecule has 0 bridgehead atoms. The van der Waals surface area contributed by atoms with E-state index in [9.17, 15) is 13.6 Å². The molecule has 0 aromatic rings. The summed E-state index contributed by atoms with van der Waals surface area (Å²) in [5.41, 5.74) is -0.562. The fraction of sp³-hybridized carbons (Fsp3) is 0.889. The van der Waals surface area contributed by atoms with Crippen LogP contribution in [0.1, 0.15) is 20.8 Å². The van der Waals surface area contributed by atoms with Crippen molar-refractivity contribution in [2.75, 3.05) is 19.8 Å². The van der Waals surface area contributed by atoms with Gasteiger partial charge < -0.3 is 14.8 Å². The number of amides is 1. The molecule has 1 amide bonds. The predicted molar refractivity (Wildman–Crippen MR) is 51.1 cm³/mol. The van der Waals surface area contributed by atoms with E-state index in [0.29, 0.717) is 0 Å². The molecule has 0 spiro atoms. The Hall–Kier alpha value is -0.910. The SMILES string of the molecule is CC(C)(C)OC(=O)NCCOCC(F)F. The van der Waals surface area contributed by atoms with E-state index in [1.54, 1.807) is 20.8 Å². The van der Waals surface area contributed by atoms with E-state index < -0.39 is 24.7 Å². The van der Waals surface area contributed by atoms with Crippen molar-refractivity contribution in [1.29, 1.82) is 0 Å². The van der Waals surface area contributed by atoms with Crippen LogP contribution in [0.3, 0.4) is 0 Å². The van der Waals surface area contributed by atoms with Gasteiger partial charge in [-0.15, -0.1) is 0 Å². The molecule has 15 heavy (non-hydrogen) atoms. The van der Waals surface area contributed by atoms with Gasteiger partial charge in [-0.05, 0) is 20.8 Å². The maximum Gasteiger partial charge on any atom is 0.407 e. The molecule has 90 valence electrons. The second-order valence-corrected chi connectivity index (χ2v) is 3.89. The van der Waals surface area contributed by atoms with E-state index in [1.165, 1.54) is 0 Å². The molecule has 0 saturated carbocycles. The molecule has 6 heteroatoms. The van der Waals surface area contributed by atoms with Gasteiger partial charge >= 0.3 is 6.09 Å². The standard InChI is InChI=1S/C9H17F2NO3/c1-9(2,3)15-8(13)12-4-5-14-6-7(10)11/h7H,4-6H2,1-3H3,(H,12,13). The third kappa shape index (κ3) is 11.0. The van der Waals surface area contributed by atoms with E-state index in [2.05, 4.69) is 10.1 Å². The minimum Gasteiger partial charge on any atom is -0.444 e. The second-order valence-electron chi connectivity index (χ2n) is 3.89. The number of alkyl carbamates (subject to hydrolysis) is 1.